The van der Waals surface area contributed by atoms with Crippen LogP contribution in [0.2, 0.25) is 0 Å². The van der Waals surface area contributed by atoms with Crippen LogP contribution in [0.5, 0.6) is 0 Å². The predicted molar refractivity (Wildman–Crippen MR) is 120 cm³/mol. The fraction of sp³-hybridized carbons (Fsp3) is 0.542. The molecule has 3 aromatic rings. The maximum atomic E-state index is 12.3. The van der Waals surface area contributed by atoms with Crippen LogP contribution in [-0.4, -0.2) is 4.98 Å². The summed E-state index contributed by atoms with van der Waals surface area (Å²) in [6, 6.07) is 6.42. The fourth-order valence-corrected chi connectivity index (χ4v) is 5.16. The van der Waals surface area contributed by atoms with E-state index in [1.54, 1.807) is 11.3 Å². The van der Waals surface area contributed by atoms with Crippen LogP contribution in [0, 0.1) is 5.92 Å². The smallest absolute Gasteiger partial charge is 0.266 e. The highest BCUT2D eigenvalue weighted by molar-refractivity contribution is 7.17. The van der Waals surface area contributed by atoms with Crippen LogP contribution in [0.3, 0.4) is 0 Å². The number of aromatic amines is 1. The Labute approximate surface area is 167 Å². The van der Waals surface area contributed by atoms with Crippen molar-refractivity contribution in [2.75, 3.05) is 0 Å². The normalized spacial score (nSPS) is 12.9. The molecule has 1 atom stereocenters. The lowest BCUT2D eigenvalue weighted by Crippen LogP contribution is -2.06. The van der Waals surface area contributed by atoms with E-state index in [0.29, 0.717) is 0 Å². The molecule has 27 heavy (non-hydrogen) atoms. The Morgan fingerprint density at radius 1 is 1.04 bits per heavy atom. The van der Waals surface area contributed by atoms with Crippen molar-refractivity contribution in [3.63, 3.8) is 0 Å². The van der Waals surface area contributed by atoms with Crippen molar-refractivity contribution in [2.45, 2.75) is 78.6 Å². The first-order chi connectivity index (χ1) is 13.2. The molecule has 1 unspecified atom stereocenters. The van der Waals surface area contributed by atoms with Gasteiger partial charge < -0.3 is 4.98 Å². The third-order valence-electron chi connectivity index (χ3n) is 5.83. The first-order valence-corrected chi connectivity index (χ1v) is 11.6. The lowest BCUT2D eigenvalue weighted by Gasteiger charge is -2.13. The van der Waals surface area contributed by atoms with E-state index in [-0.39, 0.29) is 5.56 Å². The Balaban J connectivity index is 1.73. The van der Waals surface area contributed by atoms with E-state index < -0.39 is 0 Å². The third-order valence-corrected chi connectivity index (χ3v) is 6.75. The van der Waals surface area contributed by atoms with Crippen molar-refractivity contribution < 1.29 is 0 Å². The number of aryl methyl sites for hydroxylation is 2. The van der Waals surface area contributed by atoms with Crippen LogP contribution in [0.25, 0.3) is 21.0 Å². The van der Waals surface area contributed by atoms with Gasteiger partial charge in [0.05, 0.1) is 0 Å². The van der Waals surface area contributed by atoms with E-state index in [2.05, 4.69) is 44.0 Å². The van der Waals surface area contributed by atoms with Gasteiger partial charge in [0, 0.05) is 16.3 Å². The molecule has 2 nitrogen and oxygen atoms in total. The number of nitrogens with one attached hydrogen (secondary N) is 1. The molecule has 0 bridgehead atoms. The van der Waals surface area contributed by atoms with Crippen molar-refractivity contribution in [3.05, 3.63) is 45.1 Å². The molecule has 0 radical (unpaired) electrons. The number of benzene rings is 1. The van der Waals surface area contributed by atoms with Gasteiger partial charge in [-0.1, -0.05) is 65.4 Å². The zero-order chi connectivity index (χ0) is 19.2. The molecule has 0 aliphatic carbocycles. The van der Waals surface area contributed by atoms with Gasteiger partial charge in [0.2, 0.25) is 0 Å². The molecule has 2 aromatic heterocycles. The number of hydrogen-bond donors (Lipinski definition) is 1. The minimum absolute atomic E-state index is 0.0453. The summed E-state index contributed by atoms with van der Waals surface area (Å²) in [4.78, 5) is 15.4. The summed E-state index contributed by atoms with van der Waals surface area (Å²) >= 11 is 1.55. The fourth-order valence-electron chi connectivity index (χ4n) is 4.37. The summed E-state index contributed by atoms with van der Waals surface area (Å²) in [7, 11) is 0. The Hall–Kier alpha value is -1.61. The van der Waals surface area contributed by atoms with Crippen molar-refractivity contribution in [1.82, 2.24) is 4.98 Å². The molecule has 0 aliphatic rings. The van der Waals surface area contributed by atoms with E-state index >= 15 is 0 Å². The van der Waals surface area contributed by atoms with Crippen LogP contribution in [0.1, 0.15) is 76.8 Å². The molecule has 0 aliphatic heterocycles. The average Bonchev–Trinajstić information content (AvgIpc) is 3.15. The minimum Gasteiger partial charge on any atom is -0.321 e. The molecular formula is C24H33NOS. The highest BCUT2D eigenvalue weighted by atomic mass is 32.1. The Morgan fingerprint density at radius 3 is 2.63 bits per heavy atom. The zero-order valence-corrected chi connectivity index (χ0v) is 17.9. The molecular weight excluding hydrogens is 350 g/mol. The molecule has 1 aromatic carbocycles. The van der Waals surface area contributed by atoms with Crippen LogP contribution in [0.4, 0.5) is 0 Å². The van der Waals surface area contributed by atoms with Crippen LogP contribution in [-0.2, 0) is 12.8 Å². The lowest BCUT2D eigenvalue weighted by atomic mass is 9.93. The number of aromatic nitrogens is 1. The van der Waals surface area contributed by atoms with Crippen molar-refractivity contribution >= 4 is 32.3 Å². The van der Waals surface area contributed by atoms with Crippen molar-refractivity contribution in [2.24, 2.45) is 5.92 Å². The first kappa shape index (κ1) is 20.1. The van der Waals surface area contributed by atoms with Gasteiger partial charge in [-0.25, -0.2) is 0 Å². The number of fused-ring (bicyclic) bond motifs is 3. The summed E-state index contributed by atoms with van der Waals surface area (Å²) in [6.07, 6.45) is 11.4. The maximum Gasteiger partial charge on any atom is 0.266 e. The second-order valence-electron chi connectivity index (χ2n) is 7.94. The van der Waals surface area contributed by atoms with Crippen molar-refractivity contribution in [1.29, 1.82) is 0 Å². The number of H-pyrrole nitrogens is 1. The van der Waals surface area contributed by atoms with Gasteiger partial charge >= 0.3 is 0 Å². The maximum absolute atomic E-state index is 12.3. The van der Waals surface area contributed by atoms with Gasteiger partial charge in [-0.15, -0.1) is 11.3 Å². The molecule has 3 heteroatoms. The largest absolute Gasteiger partial charge is 0.321 e. The molecule has 0 amide bonds. The van der Waals surface area contributed by atoms with Gasteiger partial charge in [0.1, 0.15) is 4.70 Å². The topological polar surface area (TPSA) is 32.9 Å². The average molecular weight is 384 g/mol. The van der Waals surface area contributed by atoms with E-state index in [1.165, 1.54) is 61.5 Å². The van der Waals surface area contributed by atoms with E-state index in [1.807, 2.05) is 5.38 Å². The predicted octanol–water partition coefficient (Wildman–Crippen LogP) is 7.23. The standard InChI is InChI=1S/C24H33NOS/c1-4-10-17(3)11-8-6-7-9-12-19-18(5-2)13-14-21-22(19)20-15-16-27-23(20)24(26)25-21/h13-17H,4-12H2,1-3H3,(H,25,26). The highest BCUT2D eigenvalue weighted by Gasteiger charge is 2.13. The number of unbranched alkanes of at least 4 members (excludes halogenated alkanes) is 3. The molecule has 2 heterocycles. The van der Waals surface area contributed by atoms with Crippen LogP contribution < -0.4 is 5.56 Å². The minimum atomic E-state index is 0.0453. The highest BCUT2D eigenvalue weighted by Crippen LogP contribution is 2.31. The zero-order valence-electron chi connectivity index (χ0n) is 17.1. The summed E-state index contributed by atoms with van der Waals surface area (Å²) in [6.45, 7) is 6.90. The van der Waals surface area contributed by atoms with Crippen molar-refractivity contribution in [3.8, 4) is 0 Å². The summed E-state index contributed by atoms with van der Waals surface area (Å²) in [5.41, 5.74) is 3.92. The number of thiophene rings is 1. The summed E-state index contributed by atoms with van der Waals surface area (Å²) < 4.78 is 0.863. The van der Waals surface area contributed by atoms with Gasteiger partial charge in [-0.3, -0.25) is 4.79 Å². The first-order valence-electron chi connectivity index (χ1n) is 10.7. The molecule has 0 fully saturated rings. The summed E-state index contributed by atoms with van der Waals surface area (Å²) in [5.74, 6) is 0.878. The number of rotatable bonds is 10. The monoisotopic (exact) mass is 383 g/mol. The Kier molecular flexibility index (Phi) is 7.12. The molecule has 0 saturated heterocycles. The summed E-state index contributed by atoms with van der Waals surface area (Å²) in [5, 5.41) is 4.46. The van der Waals surface area contributed by atoms with E-state index in [0.717, 1.165) is 34.4 Å². The second kappa shape index (κ2) is 9.54. The van der Waals surface area contributed by atoms with E-state index in [9.17, 15) is 4.79 Å². The van der Waals surface area contributed by atoms with Gasteiger partial charge in [0.15, 0.2) is 0 Å². The Bertz CT molecular complexity index is 937. The SMILES string of the molecule is CCCC(C)CCCCCCc1c(CC)ccc2[nH]c(=O)c3sccc3c12. The van der Waals surface area contributed by atoms with Gasteiger partial charge in [-0.2, -0.15) is 0 Å². The van der Waals surface area contributed by atoms with Gasteiger partial charge in [-0.05, 0) is 53.8 Å². The molecule has 146 valence electrons. The van der Waals surface area contributed by atoms with Gasteiger partial charge in [0.25, 0.3) is 5.56 Å². The molecule has 0 spiro atoms. The lowest BCUT2D eigenvalue weighted by molar-refractivity contribution is 0.453. The second-order valence-corrected chi connectivity index (χ2v) is 8.86. The van der Waals surface area contributed by atoms with Crippen LogP contribution >= 0.6 is 11.3 Å². The van der Waals surface area contributed by atoms with E-state index in [4.69, 9.17) is 0 Å². The molecule has 1 N–H and O–H groups in total. The Morgan fingerprint density at radius 2 is 1.85 bits per heavy atom. The number of pyridine rings is 1. The number of hydrogen-bond acceptors (Lipinski definition) is 2. The van der Waals surface area contributed by atoms with Crippen LogP contribution in [0.15, 0.2) is 28.4 Å². The molecule has 3 rings (SSSR count). The quantitative estimate of drug-likeness (QED) is 0.368. The third kappa shape index (κ3) is 4.63. The molecule has 0 saturated carbocycles.